The maximum Gasteiger partial charge on any atom is 0.330 e. The Morgan fingerprint density at radius 1 is 1.37 bits per heavy atom. The largest absolute Gasteiger partial charge is 0.463 e. The van der Waals surface area contributed by atoms with Crippen LogP contribution in [0.15, 0.2) is 52.2 Å². The van der Waals surface area contributed by atoms with E-state index in [4.69, 9.17) is 4.74 Å². The second-order valence-corrected chi connectivity index (χ2v) is 7.67. The predicted octanol–water partition coefficient (Wildman–Crippen LogP) is 3.77. The predicted molar refractivity (Wildman–Crippen MR) is 105 cm³/mol. The molecule has 0 bridgehead atoms. The van der Waals surface area contributed by atoms with Crippen LogP contribution in [0.25, 0.3) is 0 Å². The molecule has 1 saturated heterocycles. The van der Waals surface area contributed by atoms with Crippen LogP contribution < -0.4 is 5.32 Å². The topological polar surface area (TPSA) is 67.3 Å². The van der Waals surface area contributed by atoms with Gasteiger partial charge < -0.3 is 10.1 Å². The van der Waals surface area contributed by atoms with E-state index in [0.29, 0.717) is 6.61 Å². The number of hydrogen-bond donors (Lipinski definition) is 1. The van der Waals surface area contributed by atoms with Crippen LogP contribution in [0.3, 0.4) is 0 Å². The number of hydrogen-bond acceptors (Lipinski definition) is 7. The maximum absolute atomic E-state index is 11.7. The van der Waals surface area contributed by atoms with Crippen LogP contribution in [0, 0.1) is 0 Å². The number of carbonyl (C=O) groups is 1. The molecule has 0 radical (unpaired) electrons. The van der Waals surface area contributed by atoms with Crippen molar-refractivity contribution in [3.05, 3.63) is 47.8 Å². The standard InChI is InChI=1S/C20H22N4O2S/c1-2-26-18(25)11-14-4-3-9-24(12-14)13-15-5-6-17-16(10-15)23-19-20(27-17)22-8-7-21-19/h5-8,10-11H,2-4,9,12-13H2,1H3,(H,21,23). The number of benzene rings is 1. The Labute approximate surface area is 163 Å². The van der Waals surface area contributed by atoms with E-state index < -0.39 is 0 Å². The smallest absolute Gasteiger partial charge is 0.330 e. The number of piperidine rings is 1. The van der Waals surface area contributed by atoms with Crippen molar-refractivity contribution in [2.45, 2.75) is 36.2 Å². The van der Waals surface area contributed by atoms with Crippen molar-refractivity contribution in [2.24, 2.45) is 0 Å². The SMILES string of the molecule is CCOC(=O)C=C1CCCN(Cc2ccc3c(c2)Nc2nccnc2S3)C1. The van der Waals surface area contributed by atoms with E-state index in [1.807, 2.05) is 6.92 Å². The lowest BCUT2D eigenvalue weighted by molar-refractivity contribution is -0.137. The van der Waals surface area contributed by atoms with Gasteiger partial charge in [-0.25, -0.2) is 14.8 Å². The zero-order chi connectivity index (χ0) is 18.6. The van der Waals surface area contributed by atoms with Crippen molar-refractivity contribution in [2.75, 3.05) is 25.0 Å². The minimum absolute atomic E-state index is 0.232. The highest BCUT2D eigenvalue weighted by molar-refractivity contribution is 7.99. The fourth-order valence-electron chi connectivity index (χ4n) is 3.42. The van der Waals surface area contributed by atoms with Crippen LogP contribution in [0.1, 0.15) is 25.3 Å². The average Bonchev–Trinajstić information content (AvgIpc) is 2.67. The number of fused-ring (bicyclic) bond motifs is 2. The van der Waals surface area contributed by atoms with Crippen molar-refractivity contribution >= 4 is 29.2 Å². The molecule has 0 amide bonds. The Morgan fingerprint density at radius 3 is 3.15 bits per heavy atom. The van der Waals surface area contributed by atoms with E-state index in [1.54, 1.807) is 30.2 Å². The molecule has 1 aromatic carbocycles. The van der Waals surface area contributed by atoms with Crippen molar-refractivity contribution in [3.8, 4) is 0 Å². The number of likely N-dealkylation sites (tertiary alicyclic amines) is 1. The Bertz CT molecular complexity index is 884. The Balaban J connectivity index is 1.44. The first-order chi connectivity index (χ1) is 13.2. The normalized spacial score (nSPS) is 17.7. The van der Waals surface area contributed by atoms with Gasteiger partial charge in [0.05, 0.1) is 12.3 Å². The summed E-state index contributed by atoms with van der Waals surface area (Å²) in [5.41, 5.74) is 3.46. The van der Waals surface area contributed by atoms with Gasteiger partial charge in [-0.3, -0.25) is 4.90 Å². The lowest BCUT2D eigenvalue weighted by atomic mass is 10.0. The fourth-order valence-corrected chi connectivity index (χ4v) is 4.29. The summed E-state index contributed by atoms with van der Waals surface area (Å²) in [6, 6.07) is 6.49. The molecule has 7 heteroatoms. The molecule has 2 aliphatic heterocycles. The van der Waals surface area contributed by atoms with Crippen LogP contribution in [0.5, 0.6) is 0 Å². The van der Waals surface area contributed by atoms with Crippen molar-refractivity contribution in [1.82, 2.24) is 14.9 Å². The van der Waals surface area contributed by atoms with E-state index in [-0.39, 0.29) is 5.97 Å². The van der Waals surface area contributed by atoms with E-state index in [1.165, 1.54) is 5.56 Å². The summed E-state index contributed by atoms with van der Waals surface area (Å²) in [5.74, 6) is 0.578. The third-order valence-corrected chi connectivity index (χ3v) is 5.65. The highest BCUT2D eigenvalue weighted by Gasteiger charge is 2.20. The van der Waals surface area contributed by atoms with Crippen LogP contribution in [0.4, 0.5) is 11.5 Å². The molecule has 0 saturated carbocycles. The summed E-state index contributed by atoms with van der Waals surface area (Å²) in [7, 11) is 0. The summed E-state index contributed by atoms with van der Waals surface area (Å²) in [6.45, 7) is 4.95. The monoisotopic (exact) mass is 382 g/mol. The summed E-state index contributed by atoms with van der Waals surface area (Å²) < 4.78 is 5.03. The minimum atomic E-state index is -0.232. The van der Waals surface area contributed by atoms with E-state index in [2.05, 4.69) is 38.4 Å². The number of nitrogens with zero attached hydrogens (tertiary/aromatic N) is 3. The number of ether oxygens (including phenoxy) is 1. The van der Waals surface area contributed by atoms with Crippen molar-refractivity contribution in [3.63, 3.8) is 0 Å². The average molecular weight is 382 g/mol. The van der Waals surface area contributed by atoms with Gasteiger partial charge in [-0.2, -0.15) is 0 Å². The van der Waals surface area contributed by atoms with Gasteiger partial charge in [0, 0.05) is 36.5 Å². The first-order valence-corrected chi connectivity index (χ1v) is 10.0. The van der Waals surface area contributed by atoms with Gasteiger partial charge in [-0.05, 0) is 49.6 Å². The summed E-state index contributed by atoms with van der Waals surface area (Å²) in [4.78, 5) is 24.0. The quantitative estimate of drug-likeness (QED) is 0.544. The molecule has 6 nitrogen and oxygen atoms in total. The molecule has 3 heterocycles. The third kappa shape index (κ3) is 4.31. The molecule has 0 spiro atoms. The number of rotatable bonds is 4. The molecule has 0 aliphatic carbocycles. The lowest BCUT2D eigenvalue weighted by Crippen LogP contribution is -2.31. The zero-order valence-corrected chi connectivity index (χ0v) is 16.1. The van der Waals surface area contributed by atoms with Gasteiger partial charge in [-0.15, -0.1) is 0 Å². The van der Waals surface area contributed by atoms with Crippen LogP contribution in [0.2, 0.25) is 0 Å². The van der Waals surface area contributed by atoms with Crippen LogP contribution in [-0.2, 0) is 16.1 Å². The van der Waals surface area contributed by atoms with Gasteiger partial charge in [0.25, 0.3) is 0 Å². The Kier molecular flexibility index (Phi) is 5.40. The zero-order valence-electron chi connectivity index (χ0n) is 15.3. The second-order valence-electron chi connectivity index (χ2n) is 6.64. The molecule has 0 atom stereocenters. The third-order valence-electron chi connectivity index (χ3n) is 4.58. The number of anilines is 2. The molecule has 1 aromatic heterocycles. The molecular weight excluding hydrogens is 360 g/mol. The number of aromatic nitrogens is 2. The molecule has 2 aromatic rings. The fraction of sp³-hybridized carbons (Fsp3) is 0.350. The van der Waals surface area contributed by atoms with Crippen LogP contribution in [-0.4, -0.2) is 40.5 Å². The van der Waals surface area contributed by atoms with Crippen LogP contribution >= 0.6 is 11.8 Å². The number of nitrogens with one attached hydrogen (secondary N) is 1. The molecule has 2 aliphatic rings. The van der Waals surface area contributed by atoms with Gasteiger partial charge in [0.1, 0.15) is 5.03 Å². The Hall–Kier alpha value is -2.38. The first kappa shape index (κ1) is 18.0. The van der Waals surface area contributed by atoms with E-state index in [0.717, 1.165) is 59.5 Å². The van der Waals surface area contributed by atoms with E-state index in [9.17, 15) is 4.79 Å². The minimum Gasteiger partial charge on any atom is -0.463 e. The van der Waals surface area contributed by atoms with Crippen molar-refractivity contribution in [1.29, 1.82) is 0 Å². The molecule has 27 heavy (non-hydrogen) atoms. The van der Waals surface area contributed by atoms with E-state index >= 15 is 0 Å². The summed E-state index contributed by atoms with van der Waals surface area (Å²) >= 11 is 1.64. The molecule has 0 unspecified atom stereocenters. The summed E-state index contributed by atoms with van der Waals surface area (Å²) in [5, 5.41) is 4.29. The molecule has 140 valence electrons. The van der Waals surface area contributed by atoms with Crippen molar-refractivity contribution < 1.29 is 9.53 Å². The number of esters is 1. The van der Waals surface area contributed by atoms with Gasteiger partial charge in [0.2, 0.25) is 0 Å². The maximum atomic E-state index is 11.7. The highest BCUT2D eigenvalue weighted by atomic mass is 32.2. The molecule has 1 N–H and O–H groups in total. The summed E-state index contributed by atoms with van der Waals surface area (Å²) in [6.07, 6.45) is 7.10. The Morgan fingerprint density at radius 2 is 2.26 bits per heavy atom. The first-order valence-electron chi connectivity index (χ1n) is 9.18. The molecule has 4 rings (SSSR count). The number of carbonyl (C=O) groups excluding carboxylic acids is 1. The molecular formula is C20H22N4O2S. The van der Waals surface area contributed by atoms with Gasteiger partial charge in [-0.1, -0.05) is 17.8 Å². The molecule has 1 fully saturated rings. The highest BCUT2D eigenvalue weighted by Crippen LogP contribution is 2.42. The lowest BCUT2D eigenvalue weighted by Gasteiger charge is -2.29. The van der Waals surface area contributed by atoms with Gasteiger partial charge >= 0.3 is 5.97 Å². The van der Waals surface area contributed by atoms with Gasteiger partial charge in [0.15, 0.2) is 5.82 Å². The second kappa shape index (κ2) is 8.10.